The van der Waals surface area contributed by atoms with Crippen LogP contribution in [0.3, 0.4) is 0 Å². The van der Waals surface area contributed by atoms with E-state index < -0.39 is 0 Å². The average Bonchev–Trinajstić information content (AvgIpc) is 3.54. The van der Waals surface area contributed by atoms with Crippen LogP contribution < -0.4 is 0 Å². The van der Waals surface area contributed by atoms with Crippen molar-refractivity contribution >= 4 is 32.3 Å². The number of aromatic nitrogens is 5. The zero-order chi connectivity index (χ0) is 28.6. The maximum Gasteiger partial charge on any atom is 0.166 e. The molecule has 43 heavy (non-hydrogen) atoms. The molecule has 0 fully saturated rings. The van der Waals surface area contributed by atoms with Gasteiger partial charge in [-0.2, -0.15) is 0 Å². The number of rotatable bonds is 5. The molecule has 0 amide bonds. The van der Waals surface area contributed by atoms with Crippen molar-refractivity contribution in [1.82, 2.24) is 24.9 Å². The topological polar surface area (TPSA) is 64.5 Å². The summed E-state index contributed by atoms with van der Waals surface area (Å²) in [4.78, 5) is 24.9. The fourth-order valence-corrected chi connectivity index (χ4v) is 6.47. The first-order chi connectivity index (χ1) is 21.3. The standard InChI is InChI=1S/C37H23N5S/c1-4-13-24(14-5-1)34-40-35(25-15-6-2-7-16-25)42-36(41-34)29-21-12-22-38-32(29)30-23-31-33(28-20-11-10-19-27(28)30)43-37(39-31)26-17-8-3-9-18-26/h1-23H. The van der Waals surface area contributed by atoms with E-state index >= 15 is 0 Å². The molecule has 8 aromatic rings. The summed E-state index contributed by atoms with van der Waals surface area (Å²) in [7, 11) is 0. The Kier molecular flexibility index (Phi) is 6.24. The Labute approximate surface area is 252 Å². The van der Waals surface area contributed by atoms with Crippen LogP contribution in [-0.2, 0) is 0 Å². The van der Waals surface area contributed by atoms with Crippen molar-refractivity contribution in [2.45, 2.75) is 0 Å². The molecule has 5 nitrogen and oxygen atoms in total. The van der Waals surface area contributed by atoms with E-state index in [0.717, 1.165) is 59.5 Å². The lowest BCUT2D eigenvalue weighted by molar-refractivity contribution is 1.07. The molecule has 3 aromatic heterocycles. The van der Waals surface area contributed by atoms with Crippen molar-refractivity contribution < 1.29 is 0 Å². The Hall–Kier alpha value is -5.59. The SMILES string of the molecule is c1ccc(-c2nc(-c3ccccc3)nc(-c3cccnc3-c3cc4nc(-c5ccccc5)sc4c4ccccc34)n2)cc1. The third kappa shape index (κ3) is 4.64. The molecule has 0 aliphatic rings. The van der Waals surface area contributed by atoms with Gasteiger partial charge in [-0.05, 0) is 23.6 Å². The monoisotopic (exact) mass is 569 g/mol. The van der Waals surface area contributed by atoms with Crippen LogP contribution in [0.15, 0.2) is 140 Å². The molecule has 0 spiro atoms. The van der Waals surface area contributed by atoms with Gasteiger partial charge in [0.15, 0.2) is 17.5 Å². The number of pyridine rings is 1. The van der Waals surface area contributed by atoms with E-state index in [-0.39, 0.29) is 0 Å². The summed E-state index contributed by atoms with van der Waals surface area (Å²) in [6.07, 6.45) is 1.83. The second kappa shape index (κ2) is 10.7. The van der Waals surface area contributed by atoms with Gasteiger partial charge in [-0.15, -0.1) is 11.3 Å². The van der Waals surface area contributed by atoms with Gasteiger partial charge in [-0.3, -0.25) is 4.98 Å². The van der Waals surface area contributed by atoms with Crippen LogP contribution >= 0.6 is 11.3 Å². The lowest BCUT2D eigenvalue weighted by Crippen LogP contribution is -2.01. The summed E-state index contributed by atoms with van der Waals surface area (Å²) in [6.45, 7) is 0. The molecule has 0 unspecified atom stereocenters. The fourth-order valence-electron chi connectivity index (χ4n) is 5.38. The zero-order valence-corrected chi connectivity index (χ0v) is 23.7. The van der Waals surface area contributed by atoms with E-state index in [2.05, 4.69) is 42.5 Å². The lowest BCUT2D eigenvalue weighted by atomic mass is 9.97. The minimum absolute atomic E-state index is 0.572. The van der Waals surface area contributed by atoms with Crippen molar-refractivity contribution in [2.24, 2.45) is 0 Å². The molecule has 0 bridgehead atoms. The minimum atomic E-state index is 0.572. The van der Waals surface area contributed by atoms with Crippen molar-refractivity contribution in [3.63, 3.8) is 0 Å². The predicted molar refractivity (Wildman–Crippen MR) is 175 cm³/mol. The van der Waals surface area contributed by atoms with E-state index in [1.165, 1.54) is 0 Å². The van der Waals surface area contributed by atoms with Gasteiger partial charge in [-0.1, -0.05) is 115 Å². The normalized spacial score (nSPS) is 11.3. The van der Waals surface area contributed by atoms with Crippen LogP contribution in [0.2, 0.25) is 0 Å². The molecule has 0 aliphatic carbocycles. The quantitative estimate of drug-likeness (QED) is 0.207. The molecule has 202 valence electrons. The highest BCUT2D eigenvalue weighted by molar-refractivity contribution is 7.22. The third-order valence-corrected chi connectivity index (χ3v) is 8.57. The van der Waals surface area contributed by atoms with Crippen LogP contribution in [0.5, 0.6) is 0 Å². The van der Waals surface area contributed by atoms with E-state index in [9.17, 15) is 0 Å². The molecule has 0 atom stereocenters. The molecule has 6 heteroatoms. The summed E-state index contributed by atoms with van der Waals surface area (Å²) in [5, 5.41) is 3.26. The summed E-state index contributed by atoms with van der Waals surface area (Å²) < 4.78 is 1.16. The van der Waals surface area contributed by atoms with Gasteiger partial charge in [0.1, 0.15) is 5.01 Å². The molecule has 5 aromatic carbocycles. The maximum atomic E-state index is 5.08. The average molecular weight is 570 g/mol. The van der Waals surface area contributed by atoms with E-state index in [1.54, 1.807) is 11.3 Å². The molecular formula is C37H23N5S. The van der Waals surface area contributed by atoms with E-state index in [0.29, 0.717) is 17.5 Å². The molecule has 0 aliphatic heterocycles. The van der Waals surface area contributed by atoms with Crippen LogP contribution in [0.25, 0.3) is 77.0 Å². The van der Waals surface area contributed by atoms with Crippen molar-refractivity contribution in [1.29, 1.82) is 0 Å². The molecule has 0 radical (unpaired) electrons. The first-order valence-electron chi connectivity index (χ1n) is 14.0. The van der Waals surface area contributed by atoms with Gasteiger partial charge in [-0.25, -0.2) is 19.9 Å². The number of hydrogen-bond donors (Lipinski definition) is 0. The smallest absolute Gasteiger partial charge is 0.166 e. The Balaban J connectivity index is 1.36. The molecule has 0 saturated carbocycles. The van der Waals surface area contributed by atoms with Crippen LogP contribution in [0, 0.1) is 0 Å². The zero-order valence-electron chi connectivity index (χ0n) is 22.9. The van der Waals surface area contributed by atoms with Crippen LogP contribution in [0.1, 0.15) is 0 Å². The van der Waals surface area contributed by atoms with Crippen molar-refractivity contribution in [3.8, 4) is 56.0 Å². The van der Waals surface area contributed by atoms with Gasteiger partial charge in [0.25, 0.3) is 0 Å². The highest BCUT2D eigenvalue weighted by Crippen LogP contribution is 2.41. The maximum absolute atomic E-state index is 5.08. The first-order valence-corrected chi connectivity index (χ1v) is 14.8. The number of nitrogens with zero attached hydrogens (tertiary/aromatic N) is 5. The molecule has 3 heterocycles. The van der Waals surface area contributed by atoms with Gasteiger partial charge >= 0.3 is 0 Å². The Morgan fingerprint density at radius 2 is 1.00 bits per heavy atom. The first kappa shape index (κ1) is 25.1. The summed E-state index contributed by atoms with van der Waals surface area (Å²) in [6, 6.07) is 45.0. The van der Waals surface area contributed by atoms with Gasteiger partial charge in [0, 0.05) is 39.4 Å². The van der Waals surface area contributed by atoms with Gasteiger partial charge < -0.3 is 0 Å². The second-order valence-corrected chi connectivity index (χ2v) is 11.1. The summed E-state index contributed by atoms with van der Waals surface area (Å²) in [5.41, 5.74) is 6.54. The van der Waals surface area contributed by atoms with Gasteiger partial charge in [0.05, 0.1) is 15.9 Å². The lowest BCUT2D eigenvalue weighted by Gasteiger charge is -2.13. The highest BCUT2D eigenvalue weighted by Gasteiger charge is 2.20. The van der Waals surface area contributed by atoms with Crippen LogP contribution in [-0.4, -0.2) is 24.9 Å². The van der Waals surface area contributed by atoms with Crippen molar-refractivity contribution in [2.75, 3.05) is 0 Å². The van der Waals surface area contributed by atoms with E-state index in [1.807, 2.05) is 97.2 Å². The Bertz CT molecular complexity index is 2170. The fraction of sp³-hybridized carbons (Fsp3) is 0. The Morgan fingerprint density at radius 1 is 0.442 bits per heavy atom. The van der Waals surface area contributed by atoms with E-state index in [4.69, 9.17) is 24.9 Å². The number of benzene rings is 5. The summed E-state index contributed by atoms with van der Waals surface area (Å²) in [5.74, 6) is 1.81. The van der Waals surface area contributed by atoms with Crippen LogP contribution in [0.4, 0.5) is 0 Å². The van der Waals surface area contributed by atoms with Crippen molar-refractivity contribution in [3.05, 3.63) is 140 Å². The third-order valence-electron chi connectivity index (χ3n) is 7.42. The highest BCUT2D eigenvalue weighted by atomic mass is 32.1. The summed E-state index contributed by atoms with van der Waals surface area (Å²) >= 11 is 1.72. The number of fused-ring (bicyclic) bond motifs is 3. The molecular weight excluding hydrogens is 547 g/mol. The molecule has 0 N–H and O–H groups in total. The second-order valence-electron chi connectivity index (χ2n) is 10.1. The number of hydrogen-bond acceptors (Lipinski definition) is 6. The predicted octanol–water partition coefficient (Wildman–Crippen LogP) is 9.36. The Morgan fingerprint density at radius 3 is 1.65 bits per heavy atom. The molecule has 8 rings (SSSR count). The minimum Gasteiger partial charge on any atom is -0.255 e. The van der Waals surface area contributed by atoms with Gasteiger partial charge in [0.2, 0.25) is 0 Å². The molecule has 0 saturated heterocycles. The number of thiazole rings is 1. The largest absolute Gasteiger partial charge is 0.255 e.